The van der Waals surface area contributed by atoms with Gasteiger partial charge in [-0.1, -0.05) is 33.8 Å². The minimum atomic E-state index is -4.04. The van der Waals surface area contributed by atoms with Gasteiger partial charge in [0.05, 0.1) is 0 Å². The number of hydrogen-bond acceptors (Lipinski definition) is 4. The number of fused-ring (bicyclic) bond motifs is 5. The Bertz CT molecular complexity index is 936. The van der Waals surface area contributed by atoms with Gasteiger partial charge in [-0.15, -0.1) is 0 Å². The smallest absolute Gasteiger partial charge is 0.371 e. The first-order valence-electron chi connectivity index (χ1n) is 10.4. The van der Waals surface area contributed by atoms with Gasteiger partial charge in [-0.05, 0) is 79.0 Å². The second-order valence-corrected chi connectivity index (χ2v) is 11.0. The molecule has 0 unspecified atom stereocenters. The van der Waals surface area contributed by atoms with E-state index in [4.69, 9.17) is 9.32 Å². The molecule has 3 aliphatic rings. The second-order valence-electron chi connectivity index (χ2n) is 9.88. The number of carbonyl (C=O) groups excluding carboxylic acids is 1. The molecule has 6 heteroatoms. The van der Waals surface area contributed by atoms with Crippen LogP contribution in [0.5, 0.6) is 5.75 Å². The lowest BCUT2D eigenvalue weighted by Gasteiger charge is -2.48. The van der Waals surface area contributed by atoms with Crippen molar-refractivity contribution in [2.45, 2.75) is 72.1 Å². The Morgan fingerprint density at radius 1 is 1.21 bits per heavy atom. The van der Waals surface area contributed by atoms with E-state index in [0.717, 1.165) is 37.7 Å². The topological polar surface area (TPSA) is 86.5 Å². The number of hydrogen-bond donors (Lipinski definition) is 1. The van der Waals surface area contributed by atoms with E-state index < -0.39 is 10.3 Å². The van der Waals surface area contributed by atoms with Gasteiger partial charge >= 0.3 is 10.3 Å². The van der Waals surface area contributed by atoms with Crippen LogP contribution in [0.2, 0.25) is 0 Å². The van der Waals surface area contributed by atoms with Crippen LogP contribution in [0, 0.1) is 22.7 Å². The monoisotopic (exact) mass is 405 g/mol. The molecule has 5 nitrogen and oxygen atoms in total. The molecule has 1 aromatic rings. The minimum absolute atomic E-state index is 0.188. The Morgan fingerprint density at radius 3 is 2.57 bits per heavy atom. The molecule has 2 N–H and O–H groups in total. The molecule has 0 aliphatic heterocycles. The predicted octanol–water partition coefficient (Wildman–Crippen LogP) is 3.89. The molecule has 0 saturated heterocycles. The normalized spacial score (nSPS) is 33.8. The molecule has 154 valence electrons. The average Bonchev–Trinajstić information content (AvgIpc) is 2.79. The second kappa shape index (κ2) is 6.30. The number of nitrogens with two attached hydrogens (primary N) is 1. The summed E-state index contributed by atoms with van der Waals surface area (Å²) >= 11 is 0. The fraction of sp³-hybridized carbons (Fsp3) is 0.682. The first-order chi connectivity index (χ1) is 13.0. The predicted molar refractivity (Wildman–Crippen MR) is 108 cm³/mol. The molecule has 3 aliphatic carbocycles. The average molecular weight is 406 g/mol. The van der Waals surface area contributed by atoms with E-state index in [-0.39, 0.29) is 10.8 Å². The molecule has 28 heavy (non-hydrogen) atoms. The summed E-state index contributed by atoms with van der Waals surface area (Å²) in [5.74, 6) is 2.21. The van der Waals surface area contributed by atoms with Crippen molar-refractivity contribution in [1.29, 1.82) is 0 Å². The maximum absolute atomic E-state index is 13.1. The van der Waals surface area contributed by atoms with Gasteiger partial charge in [0.25, 0.3) is 0 Å². The molecule has 2 saturated carbocycles. The third kappa shape index (κ3) is 3.00. The number of ketones is 1. The van der Waals surface area contributed by atoms with E-state index in [1.807, 2.05) is 13.0 Å². The van der Waals surface area contributed by atoms with Crippen LogP contribution in [0.15, 0.2) is 12.1 Å². The molecule has 4 atom stereocenters. The maximum atomic E-state index is 13.1. The van der Waals surface area contributed by atoms with Crippen molar-refractivity contribution in [3.63, 3.8) is 0 Å². The van der Waals surface area contributed by atoms with Crippen molar-refractivity contribution in [2.24, 2.45) is 27.8 Å². The summed E-state index contributed by atoms with van der Waals surface area (Å²) in [5, 5.41) is 5.10. The van der Waals surface area contributed by atoms with Gasteiger partial charge in [-0.25, -0.2) is 0 Å². The van der Waals surface area contributed by atoms with E-state index in [0.29, 0.717) is 35.7 Å². The Labute approximate surface area is 168 Å². The van der Waals surface area contributed by atoms with E-state index in [9.17, 15) is 13.2 Å². The highest BCUT2D eigenvalue weighted by atomic mass is 32.2. The van der Waals surface area contributed by atoms with Crippen molar-refractivity contribution >= 4 is 16.1 Å². The fourth-order valence-electron chi connectivity index (χ4n) is 6.52. The molecular weight excluding hydrogens is 374 g/mol. The van der Waals surface area contributed by atoms with Gasteiger partial charge < -0.3 is 4.18 Å². The van der Waals surface area contributed by atoms with Crippen molar-refractivity contribution in [2.75, 3.05) is 0 Å². The number of carbonyl (C=O) groups is 1. The quantitative estimate of drug-likeness (QED) is 0.826. The standard InChI is InChI=1S/C22H31NO4S/c1-5-13-10-17-14(11-19(13)27-28(23,25)26)6-7-16-15(17)8-9-22(4)18(16)12-21(2,3)20(22)24/h10-11,15-16,18H,5-9,12H2,1-4H3,(H2,23,25,26)/t15-,16+,18-,22-/m0/s1. The van der Waals surface area contributed by atoms with Gasteiger partial charge in [0.15, 0.2) is 0 Å². The summed E-state index contributed by atoms with van der Waals surface area (Å²) in [6, 6.07) is 4.02. The molecule has 0 amide bonds. The van der Waals surface area contributed by atoms with E-state index >= 15 is 0 Å². The third-order valence-electron chi connectivity index (χ3n) is 7.75. The summed E-state index contributed by atoms with van der Waals surface area (Å²) < 4.78 is 27.9. The Kier molecular flexibility index (Phi) is 4.47. The molecule has 1 aromatic carbocycles. The summed E-state index contributed by atoms with van der Waals surface area (Å²) in [5.41, 5.74) is 2.96. The molecule has 2 fully saturated rings. The molecule has 4 rings (SSSR count). The van der Waals surface area contributed by atoms with Crippen LogP contribution < -0.4 is 9.32 Å². The van der Waals surface area contributed by atoms with Crippen LogP contribution in [-0.4, -0.2) is 14.2 Å². The maximum Gasteiger partial charge on any atom is 0.380 e. The summed E-state index contributed by atoms with van der Waals surface area (Å²) in [7, 11) is -4.04. The summed E-state index contributed by atoms with van der Waals surface area (Å²) in [4.78, 5) is 13.1. The van der Waals surface area contributed by atoms with Gasteiger partial charge in [0.2, 0.25) is 0 Å². The summed E-state index contributed by atoms with van der Waals surface area (Å²) in [6.07, 6.45) is 5.56. The molecule has 0 bridgehead atoms. The lowest BCUT2D eigenvalue weighted by atomic mass is 9.55. The van der Waals surface area contributed by atoms with Crippen molar-refractivity contribution in [1.82, 2.24) is 0 Å². The zero-order chi connectivity index (χ0) is 20.5. The molecule has 0 heterocycles. The van der Waals surface area contributed by atoms with E-state index in [1.165, 1.54) is 11.1 Å². The largest absolute Gasteiger partial charge is 0.380 e. The molecule has 0 radical (unpaired) electrons. The Balaban J connectivity index is 1.72. The number of aryl methyl sites for hydroxylation is 2. The lowest BCUT2D eigenvalue weighted by molar-refractivity contribution is -0.134. The highest BCUT2D eigenvalue weighted by molar-refractivity contribution is 7.84. The Hall–Kier alpha value is -1.40. The van der Waals surface area contributed by atoms with Crippen LogP contribution >= 0.6 is 0 Å². The highest BCUT2D eigenvalue weighted by Gasteiger charge is 2.60. The lowest BCUT2D eigenvalue weighted by Crippen LogP contribution is -2.43. The molecule has 0 spiro atoms. The van der Waals surface area contributed by atoms with Gasteiger partial charge in [-0.2, -0.15) is 13.6 Å². The number of Topliss-reactive ketones (excluding diaryl/α,β-unsaturated/α-hetero) is 1. The van der Waals surface area contributed by atoms with Crippen LogP contribution in [0.25, 0.3) is 0 Å². The Morgan fingerprint density at radius 2 is 1.93 bits per heavy atom. The highest BCUT2D eigenvalue weighted by Crippen LogP contribution is 2.63. The van der Waals surface area contributed by atoms with Crippen LogP contribution in [0.4, 0.5) is 0 Å². The fourth-order valence-corrected chi connectivity index (χ4v) is 6.92. The zero-order valence-corrected chi connectivity index (χ0v) is 18.1. The first-order valence-corrected chi connectivity index (χ1v) is 11.9. The zero-order valence-electron chi connectivity index (χ0n) is 17.2. The van der Waals surface area contributed by atoms with Crippen molar-refractivity contribution < 1.29 is 17.4 Å². The summed E-state index contributed by atoms with van der Waals surface area (Å²) in [6.45, 7) is 8.41. The molecular formula is C22H31NO4S. The van der Waals surface area contributed by atoms with Crippen LogP contribution in [0.1, 0.15) is 76.0 Å². The van der Waals surface area contributed by atoms with E-state index in [1.54, 1.807) is 0 Å². The van der Waals surface area contributed by atoms with Gasteiger partial charge in [0, 0.05) is 10.8 Å². The SMILES string of the molecule is CCc1cc2c(cc1OS(N)(=O)=O)CC[C@@H]1[C@@H]2CC[C@]2(C)C(=O)C(C)(C)C[C@@H]12. The van der Waals surface area contributed by atoms with E-state index in [2.05, 4.69) is 26.8 Å². The van der Waals surface area contributed by atoms with Gasteiger partial charge in [-0.3, -0.25) is 4.79 Å². The van der Waals surface area contributed by atoms with Crippen LogP contribution in [-0.2, 0) is 27.9 Å². The number of benzene rings is 1. The molecule has 0 aromatic heterocycles. The number of rotatable bonds is 3. The van der Waals surface area contributed by atoms with Crippen molar-refractivity contribution in [3.05, 3.63) is 28.8 Å². The van der Waals surface area contributed by atoms with Crippen molar-refractivity contribution in [3.8, 4) is 5.75 Å². The van der Waals surface area contributed by atoms with Crippen LogP contribution in [0.3, 0.4) is 0 Å². The third-order valence-corrected chi connectivity index (χ3v) is 8.16. The minimum Gasteiger partial charge on any atom is -0.371 e. The van der Waals surface area contributed by atoms with Gasteiger partial charge in [0.1, 0.15) is 11.5 Å². The first kappa shape index (κ1) is 19.9.